The van der Waals surface area contributed by atoms with Crippen LogP contribution in [0.2, 0.25) is 0 Å². The van der Waals surface area contributed by atoms with Crippen LogP contribution in [-0.2, 0) is 11.3 Å². The van der Waals surface area contributed by atoms with Crippen LogP contribution in [0.25, 0.3) is 0 Å². The van der Waals surface area contributed by atoms with Gasteiger partial charge in [0.15, 0.2) is 5.78 Å². The Morgan fingerprint density at radius 3 is 2.64 bits per heavy atom. The van der Waals surface area contributed by atoms with Gasteiger partial charge < -0.3 is 10.1 Å². The van der Waals surface area contributed by atoms with E-state index in [1.807, 2.05) is 12.1 Å². The number of rotatable bonds is 3. The van der Waals surface area contributed by atoms with Gasteiger partial charge in [0.2, 0.25) is 0 Å². The van der Waals surface area contributed by atoms with Crippen LogP contribution in [-0.4, -0.2) is 31.0 Å². The summed E-state index contributed by atoms with van der Waals surface area (Å²) in [5, 5.41) is 3.46. The number of ketones is 1. The normalized spacial score (nSPS) is 21.3. The zero-order valence-corrected chi connectivity index (χ0v) is 13.6. The number of allylic oxidation sites excluding steroid dienone is 1. The highest BCUT2D eigenvalue weighted by Gasteiger charge is 2.35. The van der Waals surface area contributed by atoms with E-state index in [4.69, 9.17) is 4.74 Å². The predicted octanol–water partition coefficient (Wildman–Crippen LogP) is 2.70. The summed E-state index contributed by atoms with van der Waals surface area (Å²) in [4.78, 5) is 14.7. The van der Waals surface area contributed by atoms with Gasteiger partial charge in [0.1, 0.15) is 5.75 Å². The van der Waals surface area contributed by atoms with Gasteiger partial charge in [0.05, 0.1) is 13.8 Å². The largest absolute Gasteiger partial charge is 0.497 e. The smallest absolute Gasteiger partial charge is 0.162 e. The van der Waals surface area contributed by atoms with E-state index < -0.39 is 0 Å². The Hall–Kier alpha value is -1.81. The zero-order valence-electron chi connectivity index (χ0n) is 13.6. The Balaban J connectivity index is 1.69. The van der Waals surface area contributed by atoms with Crippen LogP contribution in [0.15, 0.2) is 35.5 Å². The number of nitrogens with zero attached hydrogens (tertiary/aromatic N) is 1. The van der Waals surface area contributed by atoms with Gasteiger partial charge in [-0.1, -0.05) is 26.0 Å². The number of nitrogens with one attached hydrogen (secondary N) is 1. The minimum Gasteiger partial charge on any atom is -0.497 e. The molecule has 0 atom stereocenters. The molecule has 0 bridgehead atoms. The number of Topliss-reactive ketones (excluding diaryl/α,β-unsaturated/α-hetero) is 1. The van der Waals surface area contributed by atoms with Crippen molar-refractivity contribution in [3.8, 4) is 5.75 Å². The van der Waals surface area contributed by atoms with E-state index >= 15 is 0 Å². The summed E-state index contributed by atoms with van der Waals surface area (Å²) >= 11 is 0. The molecule has 0 aromatic heterocycles. The number of carbonyl (C=O) groups excluding carboxylic acids is 1. The molecule has 1 aliphatic heterocycles. The molecule has 4 nitrogen and oxygen atoms in total. The molecule has 0 saturated carbocycles. The number of ether oxygens (including phenoxy) is 1. The average Bonchev–Trinajstić information content (AvgIpc) is 2.48. The van der Waals surface area contributed by atoms with E-state index in [1.54, 1.807) is 7.11 Å². The van der Waals surface area contributed by atoms with Crippen LogP contribution in [0.3, 0.4) is 0 Å². The Labute approximate surface area is 132 Å². The van der Waals surface area contributed by atoms with E-state index in [-0.39, 0.29) is 5.41 Å². The van der Waals surface area contributed by atoms with Gasteiger partial charge in [-0.05, 0) is 29.5 Å². The molecule has 1 N–H and O–H groups in total. The first-order chi connectivity index (χ1) is 10.5. The maximum absolute atomic E-state index is 12.4. The predicted molar refractivity (Wildman–Crippen MR) is 86.5 cm³/mol. The van der Waals surface area contributed by atoms with Crippen molar-refractivity contribution >= 4 is 5.78 Å². The number of methoxy groups -OCH3 is 1. The molecule has 0 radical (unpaired) electrons. The van der Waals surface area contributed by atoms with Crippen LogP contribution < -0.4 is 10.1 Å². The summed E-state index contributed by atoms with van der Waals surface area (Å²) in [7, 11) is 1.67. The molecule has 0 unspecified atom stereocenters. The van der Waals surface area contributed by atoms with Gasteiger partial charge in [0.25, 0.3) is 0 Å². The lowest BCUT2D eigenvalue weighted by atomic mass is 9.75. The molecule has 0 amide bonds. The van der Waals surface area contributed by atoms with Crippen LogP contribution in [0, 0.1) is 5.41 Å². The van der Waals surface area contributed by atoms with Crippen molar-refractivity contribution in [2.75, 3.05) is 20.3 Å². The Bertz CT molecular complexity index is 602. The highest BCUT2D eigenvalue weighted by atomic mass is 16.5. The van der Waals surface area contributed by atoms with Gasteiger partial charge >= 0.3 is 0 Å². The molecule has 2 aliphatic rings. The Morgan fingerprint density at radius 1 is 1.23 bits per heavy atom. The molecular formula is C18H24N2O2. The van der Waals surface area contributed by atoms with E-state index in [0.29, 0.717) is 12.2 Å². The molecule has 0 saturated heterocycles. The fourth-order valence-electron chi connectivity index (χ4n) is 3.30. The summed E-state index contributed by atoms with van der Waals surface area (Å²) in [5.74, 6) is 1.17. The molecule has 1 aromatic rings. The lowest BCUT2D eigenvalue weighted by molar-refractivity contribution is -0.118. The average molecular weight is 300 g/mol. The lowest BCUT2D eigenvalue weighted by Crippen LogP contribution is -2.45. The van der Waals surface area contributed by atoms with Crippen molar-refractivity contribution < 1.29 is 9.53 Å². The molecule has 118 valence electrons. The van der Waals surface area contributed by atoms with Crippen LogP contribution in [0.4, 0.5) is 0 Å². The first-order valence-electron chi connectivity index (χ1n) is 7.81. The maximum Gasteiger partial charge on any atom is 0.162 e. The fraction of sp³-hybridized carbons (Fsp3) is 0.500. The zero-order chi connectivity index (χ0) is 15.7. The molecule has 0 fully saturated rings. The molecule has 4 heteroatoms. The third kappa shape index (κ3) is 3.17. The van der Waals surface area contributed by atoms with Crippen molar-refractivity contribution in [1.29, 1.82) is 0 Å². The van der Waals surface area contributed by atoms with Gasteiger partial charge in [-0.25, -0.2) is 0 Å². The number of benzene rings is 1. The quantitative estimate of drug-likeness (QED) is 0.932. The van der Waals surface area contributed by atoms with E-state index in [9.17, 15) is 4.79 Å². The van der Waals surface area contributed by atoms with Crippen molar-refractivity contribution in [2.45, 2.75) is 33.2 Å². The molecule has 22 heavy (non-hydrogen) atoms. The summed E-state index contributed by atoms with van der Waals surface area (Å²) < 4.78 is 5.19. The van der Waals surface area contributed by atoms with Crippen LogP contribution in [0.5, 0.6) is 5.75 Å². The van der Waals surface area contributed by atoms with E-state index in [2.05, 4.69) is 36.2 Å². The third-order valence-electron chi connectivity index (χ3n) is 4.46. The Kier molecular flexibility index (Phi) is 3.96. The lowest BCUT2D eigenvalue weighted by Gasteiger charge is -2.39. The second-order valence-electron chi connectivity index (χ2n) is 7.07. The molecule has 1 heterocycles. The maximum atomic E-state index is 12.4. The van der Waals surface area contributed by atoms with Crippen molar-refractivity contribution in [3.05, 3.63) is 41.1 Å². The third-order valence-corrected chi connectivity index (χ3v) is 4.46. The monoisotopic (exact) mass is 300 g/mol. The van der Waals surface area contributed by atoms with Crippen LogP contribution >= 0.6 is 0 Å². The first-order valence-corrected chi connectivity index (χ1v) is 7.81. The SMILES string of the molecule is COc1ccc(CN2CNC3=C(C2)C(=O)CC(C)(C)C3)cc1. The minimum atomic E-state index is 0.0844. The molecule has 1 aromatic carbocycles. The first kappa shape index (κ1) is 15.1. The summed E-state index contributed by atoms with van der Waals surface area (Å²) in [6.07, 6.45) is 1.63. The number of hydrogen-bond donors (Lipinski definition) is 1. The number of carbonyl (C=O) groups is 1. The van der Waals surface area contributed by atoms with Gasteiger partial charge in [-0.2, -0.15) is 0 Å². The van der Waals surface area contributed by atoms with Crippen molar-refractivity contribution in [1.82, 2.24) is 10.2 Å². The highest BCUT2D eigenvalue weighted by Crippen LogP contribution is 2.37. The highest BCUT2D eigenvalue weighted by molar-refractivity contribution is 5.98. The van der Waals surface area contributed by atoms with Gasteiger partial charge in [-0.15, -0.1) is 0 Å². The van der Waals surface area contributed by atoms with Crippen molar-refractivity contribution in [3.63, 3.8) is 0 Å². The summed E-state index contributed by atoms with van der Waals surface area (Å²) in [6, 6.07) is 8.11. The van der Waals surface area contributed by atoms with Gasteiger partial charge in [0, 0.05) is 30.8 Å². The Morgan fingerprint density at radius 2 is 1.95 bits per heavy atom. The van der Waals surface area contributed by atoms with E-state index in [0.717, 1.165) is 43.2 Å². The molecule has 1 aliphatic carbocycles. The topological polar surface area (TPSA) is 41.6 Å². The second kappa shape index (κ2) is 5.76. The standard InChI is InChI=1S/C18H24N2O2/c1-18(2)8-16-15(17(21)9-18)11-20(12-19-16)10-13-4-6-14(22-3)7-5-13/h4-7,19H,8-12H2,1-3H3. The number of hydrogen-bond acceptors (Lipinski definition) is 4. The van der Waals surface area contributed by atoms with Gasteiger partial charge in [-0.3, -0.25) is 9.69 Å². The molecule has 0 spiro atoms. The molecule has 3 rings (SSSR count). The van der Waals surface area contributed by atoms with E-state index in [1.165, 1.54) is 5.56 Å². The van der Waals surface area contributed by atoms with Crippen LogP contribution in [0.1, 0.15) is 32.3 Å². The minimum absolute atomic E-state index is 0.0844. The summed E-state index contributed by atoms with van der Waals surface area (Å²) in [6.45, 7) is 6.72. The second-order valence-corrected chi connectivity index (χ2v) is 7.07. The van der Waals surface area contributed by atoms with Crippen molar-refractivity contribution in [2.24, 2.45) is 5.41 Å². The molecular weight excluding hydrogens is 276 g/mol. The fourth-order valence-corrected chi connectivity index (χ4v) is 3.30. The summed E-state index contributed by atoms with van der Waals surface area (Å²) in [5.41, 5.74) is 3.46.